The van der Waals surface area contributed by atoms with Crippen molar-refractivity contribution in [3.05, 3.63) is 83.9 Å². The van der Waals surface area contributed by atoms with Gasteiger partial charge in [0, 0.05) is 24.1 Å². The largest absolute Gasteiger partial charge is 0.488 e. The Labute approximate surface area is 211 Å². The molecule has 184 valence electrons. The lowest BCUT2D eigenvalue weighted by atomic mass is 10.00. The number of aliphatic imine (C=N–C) groups is 1. The molecule has 0 aromatic heterocycles. The summed E-state index contributed by atoms with van der Waals surface area (Å²) in [5.41, 5.74) is 4.37. The Morgan fingerprint density at radius 3 is 2.57 bits per heavy atom. The van der Waals surface area contributed by atoms with Gasteiger partial charge < -0.3 is 9.47 Å². The van der Waals surface area contributed by atoms with Crippen LogP contribution in [0.5, 0.6) is 5.75 Å². The molecule has 4 nitrogen and oxygen atoms in total. The summed E-state index contributed by atoms with van der Waals surface area (Å²) in [6, 6.07) is 25.0. The van der Waals surface area contributed by atoms with Crippen molar-refractivity contribution in [1.29, 1.82) is 0 Å². The molecule has 1 atom stereocenters. The summed E-state index contributed by atoms with van der Waals surface area (Å²) >= 11 is 0. The van der Waals surface area contributed by atoms with E-state index in [-0.39, 0.29) is 12.6 Å². The number of hydrogen-bond donors (Lipinski definition) is 1. The van der Waals surface area contributed by atoms with Gasteiger partial charge in [0.2, 0.25) is 0 Å². The maximum absolute atomic E-state index is 11.4. The molecule has 0 radical (unpaired) electrons. The van der Waals surface area contributed by atoms with Gasteiger partial charge in [-0.2, -0.15) is 10.9 Å². The predicted molar refractivity (Wildman–Crippen MR) is 147 cm³/mol. The summed E-state index contributed by atoms with van der Waals surface area (Å²) in [5.74, 6) is 1.76. The highest BCUT2D eigenvalue weighted by molar-refractivity contribution is 8.30. The van der Waals surface area contributed by atoms with Gasteiger partial charge in [0.1, 0.15) is 19.0 Å². The number of ether oxygens (including phenoxy) is 2. The number of carbonyl (C=O) groups excluding carboxylic acids is 1. The van der Waals surface area contributed by atoms with Crippen LogP contribution in [0, 0.1) is 0 Å². The van der Waals surface area contributed by atoms with E-state index in [9.17, 15) is 4.79 Å². The summed E-state index contributed by atoms with van der Waals surface area (Å²) in [7, 11) is -0.516. The molecule has 0 aliphatic carbocycles. The second-order valence-electron chi connectivity index (χ2n) is 8.80. The summed E-state index contributed by atoms with van der Waals surface area (Å²) < 4.78 is 11.7. The molecule has 3 aromatic rings. The van der Waals surface area contributed by atoms with E-state index in [1.54, 1.807) is 0 Å². The second-order valence-corrected chi connectivity index (χ2v) is 11.1. The molecule has 1 aliphatic rings. The quantitative estimate of drug-likeness (QED) is 0.174. The van der Waals surface area contributed by atoms with E-state index < -0.39 is 10.9 Å². The minimum absolute atomic E-state index is 0.269. The molecule has 1 heterocycles. The first-order valence-corrected chi connectivity index (χ1v) is 14.0. The van der Waals surface area contributed by atoms with Crippen LogP contribution in [0.25, 0.3) is 11.1 Å². The molecule has 0 bridgehead atoms. The van der Waals surface area contributed by atoms with Crippen LogP contribution in [0.3, 0.4) is 0 Å². The van der Waals surface area contributed by atoms with E-state index in [1.807, 2.05) is 36.4 Å². The molecule has 4 rings (SSSR count). The summed E-state index contributed by atoms with van der Waals surface area (Å²) in [4.78, 5) is 17.6. The molecule has 0 fully saturated rings. The van der Waals surface area contributed by atoms with Crippen LogP contribution in [-0.2, 0) is 22.7 Å². The molecule has 35 heavy (non-hydrogen) atoms. The SMILES string of the molecule is CCCCCC1=NCC[SH]1c1cc(-c2ccccc2COC(C)=O)ccc1OCc1ccccc1. The molecule has 0 saturated carbocycles. The first-order valence-electron chi connectivity index (χ1n) is 12.5. The fourth-order valence-electron chi connectivity index (χ4n) is 4.36. The molecular weight excluding hydrogens is 454 g/mol. The van der Waals surface area contributed by atoms with Gasteiger partial charge in [-0.05, 0) is 47.2 Å². The molecule has 1 aliphatic heterocycles. The fourth-order valence-corrected chi connectivity index (χ4v) is 6.84. The smallest absolute Gasteiger partial charge is 0.302 e. The predicted octanol–water partition coefficient (Wildman–Crippen LogP) is 7.35. The van der Waals surface area contributed by atoms with Gasteiger partial charge in [0.15, 0.2) is 0 Å². The Bertz CT molecular complexity index is 1160. The number of benzene rings is 3. The van der Waals surface area contributed by atoms with Crippen molar-refractivity contribution in [3.63, 3.8) is 0 Å². The van der Waals surface area contributed by atoms with Crippen LogP contribution in [0.4, 0.5) is 0 Å². The third-order valence-electron chi connectivity index (χ3n) is 6.18. The monoisotopic (exact) mass is 489 g/mol. The minimum Gasteiger partial charge on any atom is -0.488 e. The van der Waals surface area contributed by atoms with Gasteiger partial charge in [-0.25, -0.2) is 0 Å². The van der Waals surface area contributed by atoms with E-state index in [2.05, 4.69) is 43.3 Å². The van der Waals surface area contributed by atoms with Gasteiger partial charge in [0.25, 0.3) is 0 Å². The first-order chi connectivity index (χ1) is 17.2. The number of thiol groups is 1. The number of nitrogens with zero attached hydrogens (tertiary/aromatic N) is 1. The van der Waals surface area contributed by atoms with Crippen molar-refractivity contribution in [2.75, 3.05) is 12.3 Å². The number of esters is 1. The Morgan fingerprint density at radius 2 is 1.77 bits per heavy atom. The summed E-state index contributed by atoms with van der Waals surface area (Å²) in [6.07, 6.45) is 4.72. The highest BCUT2D eigenvalue weighted by Crippen LogP contribution is 2.48. The lowest BCUT2D eigenvalue weighted by Crippen LogP contribution is -2.04. The van der Waals surface area contributed by atoms with Crippen LogP contribution in [0.15, 0.2) is 82.7 Å². The maximum Gasteiger partial charge on any atom is 0.302 e. The van der Waals surface area contributed by atoms with E-state index in [1.165, 1.54) is 36.1 Å². The van der Waals surface area contributed by atoms with Gasteiger partial charge in [-0.3, -0.25) is 9.79 Å². The average molecular weight is 490 g/mol. The molecule has 0 amide bonds. The van der Waals surface area contributed by atoms with Gasteiger partial charge in [0.05, 0.1) is 5.04 Å². The third kappa shape index (κ3) is 6.76. The van der Waals surface area contributed by atoms with E-state index in [0.717, 1.165) is 46.7 Å². The summed E-state index contributed by atoms with van der Waals surface area (Å²) in [6.45, 7) is 5.40. The Morgan fingerprint density at radius 1 is 0.971 bits per heavy atom. The molecular formula is C30H35NO3S. The fraction of sp³-hybridized carbons (Fsp3) is 0.333. The molecule has 0 saturated heterocycles. The standard InChI is InChI=1S/C30H35NO3S/c1-3-4-6-15-30-31-18-19-35(30)29-20-25(27-14-10-9-13-26(27)22-33-23(2)32)16-17-28(29)34-21-24-11-7-5-8-12-24/h5,7-14,16-17,20,35H,3-4,6,15,18-19,21-22H2,1-2H3. The number of carbonyl (C=O) groups is 1. The highest BCUT2D eigenvalue weighted by Gasteiger charge is 2.23. The second kappa shape index (κ2) is 12.6. The van der Waals surface area contributed by atoms with Gasteiger partial charge >= 0.3 is 5.97 Å². The zero-order valence-electron chi connectivity index (χ0n) is 20.7. The minimum atomic E-state index is -0.516. The van der Waals surface area contributed by atoms with Crippen LogP contribution in [0.1, 0.15) is 50.7 Å². The summed E-state index contributed by atoms with van der Waals surface area (Å²) in [5, 5.41) is 1.36. The van der Waals surface area contributed by atoms with Crippen molar-refractivity contribution in [2.45, 2.75) is 57.6 Å². The molecule has 0 N–H and O–H groups in total. The Hall–Kier alpha value is -3.05. The topological polar surface area (TPSA) is 47.9 Å². The molecule has 1 unspecified atom stereocenters. The number of rotatable bonds is 11. The highest BCUT2D eigenvalue weighted by atomic mass is 32.2. The molecule has 5 heteroatoms. The van der Waals surface area contributed by atoms with E-state index >= 15 is 0 Å². The van der Waals surface area contributed by atoms with E-state index in [4.69, 9.17) is 14.5 Å². The van der Waals surface area contributed by atoms with E-state index in [0.29, 0.717) is 6.61 Å². The molecule has 0 spiro atoms. The van der Waals surface area contributed by atoms with Gasteiger partial charge in [-0.15, -0.1) is 0 Å². The maximum atomic E-state index is 11.4. The zero-order chi connectivity index (χ0) is 24.5. The van der Waals surface area contributed by atoms with Crippen molar-refractivity contribution in [1.82, 2.24) is 0 Å². The van der Waals surface area contributed by atoms with Gasteiger partial charge in [-0.1, -0.05) is 80.4 Å². The normalized spacial score (nSPS) is 16.1. The Balaban J connectivity index is 1.67. The van der Waals surface area contributed by atoms with Crippen molar-refractivity contribution in [2.24, 2.45) is 4.99 Å². The number of hydrogen-bond acceptors (Lipinski definition) is 4. The van der Waals surface area contributed by atoms with Crippen molar-refractivity contribution in [3.8, 4) is 16.9 Å². The Kier molecular flexibility index (Phi) is 9.02. The van der Waals surface area contributed by atoms with Crippen LogP contribution in [0.2, 0.25) is 0 Å². The van der Waals surface area contributed by atoms with Crippen molar-refractivity contribution >= 4 is 21.9 Å². The van der Waals surface area contributed by atoms with Crippen molar-refractivity contribution < 1.29 is 14.3 Å². The third-order valence-corrected chi connectivity index (χ3v) is 8.75. The first kappa shape index (κ1) is 25.1. The van der Waals surface area contributed by atoms with Crippen LogP contribution < -0.4 is 4.74 Å². The molecule has 3 aromatic carbocycles. The zero-order valence-corrected chi connectivity index (χ0v) is 21.6. The lowest BCUT2D eigenvalue weighted by molar-refractivity contribution is -0.142. The average Bonchev–Trinajstić information content (AvgIpc) is 3.35. The van der Waals surface area contributed by atoms with Crippen LogP contribution in [-0.4, -0.2) is 23.3 Å². The lowest BCUT2D eigenvalue weighted by Gasteiger charge is -2.23. The number of unbranched alkanes of at least 4 members (excludes halogenated alkanes) is 2. The van der Waals surface area contributed by atoms with Crippen LogP contribution >= 0.6 is 10.9 Å².